The molecule has 2 fully saturated rings. The largest absolute Gasteiger partial charge is 0.349 e. The average Bonchev–Trinajstić information content (AvgIpc) is 2.56. The van der Waals surface area contributed by atoms with Crippen molar-refractivity contribution in [2.45, 2.75) is 63.8 Å². The minimum Gasteiger partial charge on any atom is -0.349 e. The van der Waals surface area contributed by atoms with Crippen LogP contribution in [0.2, 0.25) is 10.0 Å². The molecule has 0 bridgehead atoms. The zero-order valence-electron chi connectivity index (χ0n) is 13.5. The lowest BCUT2D eigenvalue weighted by Gasteiger charge is -2.39. The van der Waals surface area contributed by atoms with Crippen LogP contribution >= 0.6 is 23.2 Å². The Morgan fingerprint density at radius 2 is 1.65 bits per heavy atom. The van der Waals surface area contributed by atoms with E-state index in [0.717, 1.165) is 12.3 Å². The Hall–Kier alpha value is -0.730. The van der Waals surface area contributed by atoms with Gasteiger partial charge in [0.05, 0.1) is 10.6 Å². The van der Waals surface area contributed by atoms with E-state index in [1.54, 1.807) is 18.2 Å². The van der Waals surface area contributed by atoms with Gasteiger partial charge in [0.1, 0.15) is 0 Å². The summed E-state index contributed by atoms with van der Waals surface area (Å²) in [5.41, 5.74) is 0.532. The second-order valence-corrected chi connectivity index (χ2v) is 7.89. The molecular formula is C19H25Cl2NO. The number of benzene rings is 1. The van der Waals surface area contributed by atoms with Crippen LogP contribution in [0.1, 0.15) is 68.1 Å². The first-order chi connectivity index (χ1) is 11.1. The fraction of sp³-hybridized carbons (Fsp3) is 0.632. The van der Waals surface area contributed by atoms with Gasteiger partial charge in [0.15, 0.2) is 0 Å². The van der Waals surface area contributed by atoms with Crippen molar-refractivity contribution in [3.8, 4) is 0 Å². The van der Waals surface area contributed by atoms with Crippen LogP contribution in [-0.4, -0.2) is 11.9 Å². The lowest BCUT2D eigenvalue weighted by molar-refractivity contribution is 0.0859. The van der Waals surface area contributed by atoms with Crippen LogP contribution < -0.4 is 5.32 Å². The van der Waals surface area contributed by atoms with Gasteiger partial charge in [-0.1, -0.05) is 68.1 Å². The lowest BCUT2D eigenvalue weighted by atomic mass is 9.71. The van der Waals surface area contributed by atoms with Gasteiger partial charge < -0.3 is 5.32 Å². The highest BCUT2D eigenvalue weighted by Gasteiger charge is 2.33. The number of carbonyl (C=O) groups excluding carboxylic acids is 1. The molecule has 0 saturated heterocycles. The summed E-state index contributed by atoms with van der Waals surface area (Å²) in [5, 5.41) is 4.27. The van der Waals surface area contributed by atoms with Gasteiger partial charge in [-0.05, 0) is 42.9 Å². The second-order valence-electron chi connectivity index (χ2n) is 7.05. The summed E-state index contributed by atoms with van der Waals surface area (Å²) < 4.78 is 0. The molecule has 0 radical (unpaired) electrons. The number of hydrogen-bond donors (Lipinski definition) is 1. The molecule has 1 aromatic carbocycles. The smallest absolute Gasteiger partial charge is 0.253 e. The Labute approximate surface area is 148 Å². The number of carbonyl (C=O) groups is 1. The van der Waals surface area contributed by atoms with E-state index in [9.17, 15) is 4.79 Å². The standard InChI is InChI=1S/C19H25Cl2NO/c20-14-10-11-16(17(21)12-14)19(23)22-18-9-5-4-8-15(18)13-6-2-1-3-7-13/h10-13,15,18H,1-9H2,(H,22,23)/t15-,18+/m0/s1. The van der Waals surface area contributed by atoms with Crippen molar-refractivity contribution in [2.75, 3.05) is 0 Å². The number of amides is 1. The maximum absolute atomic E-state index is 12.6. The van der Waals surface area contributed by atoms with Crippen molar-refractivity contribution in [3.63, 3.8) is 0 Å². The summed E-state index contributed by atoms with van der Waals surface area (Å²) in [5.74, 6) is 1.37. The molecule has 1 N–H and O–H groups in total. The zero-order valence-corrected chi connectivity index (χ0v) is 15.0. The Kier molecular flexibility index (Phi) is 5.87. The molecule has 2 aliphatic carbocycles. The Bertz CT molecular complexity index is 554. The van der Waals surface area contributed by atoms with Gasteiger partial charge in [0.2, 0.25) is 0 Å². The van der Waals surface area contributed by atoms with Crippen molar-refractivity contribution in [3.05, 3.63) is 33.8 Å². The van der Waals surface area contributed by atoms with Crippen LogP contribution in [-0.2, 0) is 0 Å². The molecule has 1 aromatic rings. The molecule has 4 heteroatoms. The van der Waals surface area contributed by atoms with E-state index in [2.05, 4.69) is 5.32 Å². The molecule has 126 valence electrons. The molecule has 2 nitrogen and oxygen atoms in total. The number of nitrogens with one attached hydrogen (secondary N) is 1. The van der Waals surface area contributed by atoms with Crippen molar-refractivity contribution in [1.82, 2.24) is 5.32 Å². The second kappa shape index (κ2) is 7.90. The van der Waals surface area contributed by atoms with E-state index >= 15 is 0 Å². The fourth-order valence-corrected chi connectivity index (χ4v) is 4.88. The van der Waals surface area contributed by atoms with E-state index in [1.807, 2.05) is 0 Å². The van der Waals surface area contributed by atoms with Gasteiger partial charge in [0.25, 0.3) is 5.91 Å². The first-order valence-electron chi connectivity index (χ1n) is 8.91. The summed E-state index contributed by atoms with van der Waals surface area (Å²) in [6.45, 7) is 0. The maximum atomic E-state index is 12.6. The number of halogens is 2. The summed E-state index contributed by atoms with van der Waals surface area (Å²) in [6, 6.07) is 5.38. The van der Waals surface area contributed by atoms with Gasteiger partial charge in [0, 0.05) is 11.1 Å². The van der Waals surface area contributed by atoms with Crippen LogP contribution in [0.25, 0.3) is 0 Å². The van der Waals surface area contributed by atoms with Gasteiger partial charge in [-0.25, -0.2) is 0 Å². The molecule has 0 unspecified atom stereocenters. The molecule has 23 heavy (non-hydrogen) atoms. The molecule has 0 heterocycles. The van der Waals surface area contributed by atoms with Crippen molar-refractivity contribution in [1.29, 1.82) is 0 Å². The molecule has 1 amide bonds. The predicted molar refractivity (Wildman–Crippen MR) is 96.2 cm³/mol. The molecule has 2 saturated carbocycles. The quantitative estimate of drug-likeness (QED) is 0.723. The summed E-state index contributed by atoms with van der Waals surface area (Å²) in [6.07, 6.45) is 11.6. The fourth-order valence-electron chi connectivity index (χ4n) is 4.39. The lowest BCUT2D eigenvalue weighted by Crippen LogP contribution is -2.45. The third kappa shape index (κ3) is 4.22. The molecule has 3 rings (SSSR count). The molecule has 0 aliphatic heterocycles. The minimum atomic E-state index is -0.0561. The topological polar surface area (TPSA) is 29.1 Å². The van der Waals surface area contributed by atoms with Gasteiger partial charge in [-0.15, -0.1) is 0 Å². The summed E-state index contributed by atoms with van der Waals surface area (Å²) in [4.78, 5) is 12.6. The van der Waals surface area contributed by atoms with Gasteiger partial charge in [-0.3, -0.25) is 4.79 Å². The molecule has 0 aromatic heterocycles. The summed E-state index contributed by atoms with van der Waals surface area (Å²) >= 11 is 12.1. The SMILES string of the molecule is O=C(N[C@@H]1CCCC[C@H]1C1CCCCC1)c1ccc(Cl)cc1Cl. The third-order valence-corrected chi connectivity index (χ3v) is 6.11. The van der Waals surface area contributed by atoms with Gasteiger partial charge >= 0.3 is 0 Å². The zero-order chi connectivity index (χ0) is 16.2. The molecule has 2 atom stereocenters. The van der Waals surface area contributed by atoms with Crippen molar-refractivity contribution in [2.24, 2.45) is 11.8 Å². The van der Waals surface area contributed by atoms with Crippen molar-refractivity contribution < 1.29 is 4.79 Å². The predicted octanol–water partition coefficient (Wildman–Crippen LogP) is 5.86. The van der Waals surface area contributed by atoms with Crippen LogP contribution in [0.15, 0.2) is 18.2 Å². The monoisotopic (exact) mass is 353 g/mol. The average molecular weight is 354 g/mol. The van der Waals surface area contributed by atoms with Crippen LogP contribution in [0.5, 0.6) is 0 Å². The summed E-state index contributed by atoms with van der Waals surface area (Å²) in [7, 11) is 0. The van der Waals surface area contributed by atoms with E-state index in [0.29, 0.717) is 27.6 Å². The first-order valence-corrected chi connectivity index (χ1v) is 9.66. The molecule has 2 aliphatic rings. The van der Waals surface area contributed by atoms with E-state index < -0.39 is 0 Å². The highest BCUT2D eigenvalue weighted by Crippen LogP contribution is 2.38. The highest BCUT2D eigenvalue weighted by molar-refractivity contribution is 6.36. The van der Waals surface area contributed by atoms with E-state index in [-0.39, 0.29) is 5.91 Å². The Morgan fingerprint density at radius 3 is 2.39 bits per heavy atom. The van der Waals surface area contributed by atoms with Crippen LogP contribution in [0.3, 0.4) is 0 Å². The first kappa shape index (κ1) is 17.1. The number of hydrogen-bond acceptors (Lipinski definition) is 1. The van der Waals surface area contributed by atoms with Crippen molar-refractivity contribution >= 4 is 29.1 Å². The molecular weight excluding hydrogens is 329 g/mol. The normalized spacial score (nSPS) is 26.0. The van der Waals surface area contributed by atoms with E-state index in [4.69, 9.17) is 23.2 Å². The minimum absolute atomic E-state index is 0.0561. The number of rotatable bonds is 3. The van der Waals surface area contributed by atoms with E-state index in [1.165, 1.54) is 51.4 Å². The highest BCUT2D eigenvalue weighted by atomic mass is 35.5. The van der Waals surface area contributed by atoms with Crippen LogP contribution in [0, 0.1) is 11.8 Å². The Morgan fingerprint density at radius 1 is 0.957 bits per heavy atom. The van der Waals surface area contributed by atoms with Gasteiger partial charge in [-0.2, -0.15) is 0 Å². The molecule has 0 spiro atoms. The maximum Gasteiger partial charge on any atom is 0.253 e. The third-order valence-electron chi connectivity index (χ3n) is 5.57. The van der Waals surface area contributed by atoms with Crippen LogP contribution in [0.4, 0.5) is 0 Å². The Balaban J connectivity index is 1.69.